The van der Waals surface area contributed by atoms with Gasteiger partial charge in [-0.05, 0) is 29.8 Å². The highest BCUT2D eigenvalue weighted by molar-refractivity contribution is 7.89. The molecule has 2 rings (SSSR count). The first-order chi connectivity index (χ1) is 14.4. The van der Waals surface area contributed by atoms with Gasteiger partial charge < -0.3 is 14.4 Å². The predicted octanol–water partition coefficient (Wildman–Crippen LogP) is 1.82. The predicted molar refractivity (Wildman–Crippen MR) is 111 cm³/mol. The molecule has 2 aromatic rings. The minimum absolute atomic E-state index is 0.0549. The maximum absolute atomic E-state index is 13.0. The lowest BCUT2D eigenvalue weighted by Gasteiger charge is -2.22. The fourth-order valence-electron chi connectivity index (χ4n) is 2.71. The topological polar surface area (TPSA) is 102 Å². The van der Waals surface area contributed by atoms with Crippen LogP contribution in [0.25, 0.3) is 0 Å². The molecule has 0 radical (unpaired) electrons. The van der Waals surface area contributed by atoms with Crippen LogP contribution in [0.4, 0.5) is 0 Å². The van der Waals surface area contributed by atoms with Crippen molar-refractivity contribution in [2.75, 3.05) is 33.9 Å². The van der Waals surface area contributed by atoms with Crippen LogP contribution in [-0.2, 0) is 30.8 Å². The van der Waals surface area contributed by atoms with Crippen LogP contribution in [-0.4, -0.2) is 59.1 Å². The minimum Gasteiger partial charge on any atom is -0.469 e. The number of amides is 1. The van der Waals surface area contributed by atoms with Gasteiger partial charge in [0, 0.05) is 32.3 Å². The maximum atomic E-state index is 13.0. The van der Waals surface area contributed by atoms with Crippen molar-refractivity contribution in [1.82, 2.24) is 9.62 Å². The molecule has 0 bridgehead atoms. The molecule has 0 unspecified atom stereocenters. The molecule has 1 N–H and O–H groups in total. The Morgan fingerprint density at radius 2 is 1.67 bits per heavy atom. The largest absolute Gasteiger partial charge is 0.469 e. The number of sulfonamides is 1. The van der Waals surface area contributed by atoms with E-state index in [0.29, 0.717) is 12.1 Å². The molecule has 0 aliphatic carbocycles. The van der Waals surface area contributed by atoms with Crippen LogP contribution in [0.2, 0.25) is 0 Å². The first-order valence-electron chi connectivity index (χ1n) is 9.36. The van der Waals surface area contributed by atoms with Crippen LogP contribution in [0, 0.1) is 0 Å². The molecule has 0 atom stereocenters. The standard InChI is InChI=1S/C21H26N2O6S/c1-28-15-13-22-30(26,27)19-10-8-18(9-11-19)21(25)23(14-12-20(24)29-2)16-17-6-4-3-5-7-17/h3-11,22H,12-16H2,1-2H3. The van der Waals surface area contributed by atoms with Gasteiger partial charge in [-0.3, -0.25) is 9.59 Å². The Hall–Kier alpha value is -2.75. The number of ether oxygens (including phenoxy) is 2. The molecule has 0 aliphatic rings. The van der Waals surface area contributed by atoms with Crippen molar-refractivity contribution < 1.29 is 27.5 Å². The van der Waals surface area contributed by atoms with E-state index >= 15 is 0 Å². The number of rotatable bonds is 11. The van der Waals surface area contributed by atoms with Gasteiger partial charge in [-0.25, -0.2) is 13.1 Å². The van der Waals surface area contributed by atoms with E-state index in [0.717, 1.165) is 5.56 Å². The summed E-state index contributed by atoms with van der Waals surface area (Å²) in [5, 5.41) is 0. The van der Waals surface area contributed by atoms with E-state index in [1.165, 1.54) is 43.4 Å². The summed E-state index contributed by atoms with van der Waals surface area (Å²) in [6, 6.07) is 15.1. The third kappa shape index (κ3) is 6.94. The highest BCUT2D eigenvalue weighted by Crippen LogP contribution is 2.15. The van der Waals surface area contributed by atoms with Crippen molar-refractivity contribution >= 4 is 21.9 Å². The van der Waals surface area contributed by atoms with Crippen molar-refractivity contribution in [3.8, 4) is 0 Å². The minimum atomic E-state index is -3.68. The van der Waals surface area contributed by atoms with Gasteiger partial charge in [-0.15, -0.1) is 0 Å². The number of methoxy groups -OCH3 is 2. The van der Waals surface area contributed by atoms with Crippen LogP contribution < -0.4 is 4.72 Å². The quantitative estimate of drug-likeness (QED) is 0.428. The van der Waals surface area contributed by atoms with Gasteiger partial charge in [0.25, 0.3) is 5.91 Å². The Balaban J connectivity index is 2.16. The summed E-state index contributed by atoms with van der Waals surface area (Å²) in [4.78, 5) is 26.2. The number of hydrogen-bond acceptors (Lipinski definition) is 6. The van der Waals surface area contributed by atoms with Crippen LogP contribution in [0.5, 0.6) is 0 Å². The van der Waals surface area contributed by atoms with Gasteiger partial charge in [0.15, 0.2) is 0 Å². The van der Waals surface area contributed by atoms with E-state index in [9.17, 15) is 18.0 Å². The average molecular weight is 435 g/mol. The number of carbonyl (C=O) groups excluding carboxylic acids is 2. The third-order valence-electron chi connectivity index (χ3n) is 4.33. The second-order valence-corrected chi connectivity index (χ2v) is 8.22. The van der Waals surface area contributed by atoms with Crippen LogP contribution in [0.15, 0.2) is 59.5 Å². The highest BCUT2D eigenvalue weighted by atomic mass is 32.2. The first-order valence-corrected chi connectivity index (χ1v) is 10.8. The summed E-state index contributed by atoms with van der Waals surface area (Å²) in [6.45, 7) is 0.899. The van der Waals surface area contributed by atoms with Crippen LogP contribution in [0.1, 0.15) is 22.3 Å². The van der Waals surface area contributed by atoms with E-state index in [1.54, 1.807) is 0 Å². The van der Waals surface area contributed by atoms with Gasteiger partial charge in [0.05, 0.1) is 25.0 Å². The van der Waals surface area contributed by atoms with Crippen molar-refractivity contribution in [1.29, 1.82) is 0 Å². The molecule has 0 fully saturated rings. The highest BCUT2D eigenvalue weighted by Gasteiger charge is 2.19. The summed E-state index contributed by atoms with van der Waals surface area (Å²) < 4.78 is 36.4. The molecule has 0 heterocycles. The zero-order valence-corrected chi connectivity index (χ0v) is 17.9. The molecule has 9 heteroatoms. The molecule has 0 spiro atoms. The lowest BCUT2D eigenvalue weighted by molar-refractivity contribution is -0.140. The summed E-state index contributed by atoms with van der Waals surface area (Å²) in [5.41, 5.74) is 1.24. The SMILES string of the molecule is COCCNS(=O)(=O)c1ccc(C(=O)N(CCC(=O)OC)Cc2ccccc2)cc1. The Kier molecular flexibility index (Phi) is 8.97. The maximum Gasteiger partial charge on any atom is 0.307 e. The van der Waals surface area contributed by atoms with Crippen LogP contribution in [0.3, 0.4) is 0 Å². The Morgan fingerprint density at radius 1 is 1.00 bits per heavy atom. The number of nitrogens with one attached hydrogen (secondary N) is 1. The van der Waals surface area contributed by atoms with Crippen molar-refractivity contribution in [2.24, 2.45) is 0 Å². The van der Waals surface area contributed by atoms with E-state index in [-0.39, 0.29) is 36.9 Å². The lowest BCUT2D eigenvalue weighted by atomic mass is 10.1. The van der Waals surface area contributed by atoms with E-state index in [1.807, 2.05) is 30.3 Å². The monoisotopic (exact) mass is 434 g/mol. The molecule has 0 saturated heterocycles. The second kappa shape index (κ2) is 11.4. The number of nitrogens with zero attached hydrogens (tertiary/aromatic N) is 1. The van der Waals surface area contributed by atoms with Crippen LogP contribution >= 0.6 is 0 Å². The molecule has 0 aliphatic heterocycles. The average Bonchev–Trinajstić information content (AvgIpc) is 2.76. The molecule has 30 heavy (non-hydrogen) atoms. The molecule has 0 aromatic heterocycles. The zero-order chi connectivity index (χ0) is 22.0. The summed E-state index contributed by atoms with van der Waals surface area (Å²) in [7, 11) is -0.905. The lowest BCUT2D eigenvalue weighted by Crippen LogP contribution is -2.33. The summed E-state index contributed by atoms with van der Waals surface area (Å²) >= 11 is 0. The number of benzene rings is 2. The number of carbonyl (C=O) groups is 2. The van der Waals surface area contributed by atoms with Crippen molar-refractivity contribution in [3.05, 3.63) is 65.7 Å². The van der Waals surface area contributed by atoms with Gasteiger partial charge in [-0.2, -0.15) is 0 Å². The number of hydrogen-bond donors (Lipinski definition) is 1. The number of esters is 1. The van der Waals surface area contributed by atoms with Crippen molar-refractivity contribution in [3.63, 3.8) is 0 Å². The van der Waals surface area contributed by atoms with Gasteiger partial charge >= 0.3 is 5.97 Å². The smallest absolute Gasteiger partial charge is 0.307 e. The van der Waals surface area contributed by atoms with Gasteiger partial charge in [-0.1, -0.05) is 30.3 Å². The molecule has 162 valence electrons. The molecule has 2 aromatic carbocycles. The van der Waals surface area contributed by atoms with Gasteiger partial charge in [0.1, 0.15) is 0 Å². The normalized spacial score (nSPS) is 11.1. The molecular weight excluding hydrogens is 408 g/mol. The molecule has 1 amide bonds. The van der Waals surface area contributed by atoms with E-state index < -0.39 is 16.0 Å². The fourth-order valence-corrected chi connectivity index (χ4v) is 3.72. The molecule has 0 saturated carbocycles. The Labute approximate surface area is 176 Å². The summed E-state index contributed by atoms with van der Waals surface area (Å²) in [5.74, 6) is -0.719. The zero-order valence-electron chi connectivity index (χ0n) is 17.0. The molecular formula is C21H26N2O6S. The second-order valence-electron chi connectivity index (χ2n) is 6.45. The third-order valence-corrected chi connectivity index (χ3v) is 5.80. The van der Waals surface area contributed by atoms with E-state index in [4.69, 9.17) is 4.74 Å². The first kappa shape index (κ1) is 23.5. The molecule has 8 nitrogen and oxygen atoms in total. The Morgan fingerprint density at radius 3 is 2.27 bits per heavy atom. The van der Waals surface area contributed by atoms with Crippen molar-refractivity contribution in [2.45, 2.75) is 17.9 Å². The Bertz CT molecular complexity index is 930. The summed E-state index contributed by atoms with van der Waals surface area (Å²) in [6.07, 6.45) is 0.0605. The van der Waals surface area contributed by atoms with E-state index in [2.05, 4.69) is 9.46 Å². The fraction of sp³-hybridized carbons (Fsp3) is 0.333. The van der Waals surface area contributed by atoms with Gasteiger partial charge in [0.2, 0.25) is 10.0 Å².